The van der Waals surface area contributed by atoms with Gasteiger partial charge in [0.2, 0.25) is 11.8 Å². The number of amides is 2. The van der Waals surface area contributed by atoms with E-state index in [2.05, 4.69) is 10.6 Å². The van der Waals surface area contributed by atoms with Gasteiger partial charge in [0.15, 0.2) is 0 Å². The molecular weight excluding hydrogens is 352 g/mol. The van der Waals surface area contributed by atoms with Crippen LogP contribution in [0.2, 0.25) is 0 Å². The summed E-state index contributed by atoms with van der Waals surface area (Å²) in [4.78, 5) is 23.3. The molecule has 5 nitrogen and oxygen atoms in total. The number of hydrogen-bond donors (Lipinski definition) is 2. The molecule has 0 spiro atoms. The van der Waals surface area contributed by atoms with E-state index in [1.54, 1.807) is 12.1 Å². The number of hydrogen-bond acceptors (Lipinski definition) is 3. The van der Waals surface area contributed by atoms with Gasteiger partial charge >= 0.3 is 0 Å². The van der Waals surface area contributed by atoms with Crippen LogP contribution in [0.4, 0.5) is 11.4 Å². The molecule has 3 aromatic rings. The molecular formula is C23H22N2O3. The van der Waals surface area contributed by atoms with Crippen molar-refractivity contribution in [3.63, 3.8) is 0 Å². The highest BCUT2D eigenvalue weighted by Gasteiger charge is 2.05. The smallest absolute Gasteiger partial charge is 0.228 e. The summed E-state index contributed by atoms with van der Waals surface area (Å²) in [5.41, 5.74) is 3.40. The van der Waals surface area contributed by atoms with Gasteiger partial charge in [-0.15, -0.1) is 0 Å². The van der Waals surface area contributed by atoms with E-state index in [4.69, 9.17) is 4.74 Å². The third-order valence-electron chi connectivity index (χ3n) is 4.03. The van der Waals surface area contributed by atoms with E-state index in [1.807, 2.05) is 66.7 Å². The first-order chi connectivity index (χ1) is 13.6. The third kappa shape index (κ3) is 5.99. The summed E-state index contributed by atoms with van der Waals surface area (Å²) < 4.78 is 5.74. The second kappa shape index (κ2) is 9.37. The first-order valence-electron chi connectivity index (χ1n) is 9.02. The van der Waals surface area contributed by atoms with E-state index in [0.717, 1.165) is 16.9 Å². The Balaban J connectivity index is 1.49. The van der Waals surface area contributed by atoms with Gasteiger partial charge in [0, 0.05) is 18.3 Å². The molecule has 0 atom stereocenters. The number of carbonyl (C=O) groups is 2. The van der Waals surface area contributed by atoms with Gasteiger partial charge in [0.05, 0.1) is 6.42 Å². The van der Waals surface area contributed by atoms with Gasteiger partial charge in [-0.05, 0) is 47.5 Å². The molecule has 142 valence electrons. The molecule has 0 aliphatic carbocycles. The minimum Gasteiger partial charge on any atom is -0.489 e. The summed E-state index contributed by atoms with van der Waals surface area (Å²) in [6, 6.07) is 24.5. The fourth-order valence-electron chi connectivity index (χ4n) is 2.68. The second-order valence-corrected chi connectivity index (χ2v) is 6.40. The molecule has 0 saturated heterocycles. The molecule has 5 heteroatoms. The number of rotatable bonds is 7. The van der Waals surface area contributed by atoms with Gasteiger partial charge in [0.1, 0.15) is 12.4 Å². The lowest BCUT2D eigenvalue weighted by atomic mass is 10.1. The van der Waals surface area contributed by atoms with E-state index in [1.165, 1.54) is 6.92 Å². The van der Waals surface area contributed by atoms with Gasteiger partial charge in [0.25, 0.3) is 0 Å². The maximum Gasteiger partial charge on any atom is 0.228 e. The molecule has 0 aliphatic heterocycles. The Labute approximate surface area is 164 Å². The molecule has 0 aromatic heterocycles. The number of nitrogens with one attached hydrogen (secondary N) is 2. The first-order valence-corrected chi connectivity index (χ1v) is 9.02. The molecule has 3 aromatic carbocycles. The summed E-state index contributed by atoms with van der Waals surface area (Å²) >= 11 is 0. The Morgan fingerprint density at radius 2 is 1.36 bits per heavy atom. The molecule has 0 saturated carbocycles. The topological polar surface area (TPSA) is 67.4 Å². The van der Waals surface area contributed by atoms with Crippen molar-refractivity contribution in [3.8, 4) is 5.75 Å². The molecule has 0 heterocycles. The molecule has 0 unspecified atom stereocenters. The van der Waals surface area contributed by atoms with Crippen molar-refractivity contribution in [1.29, 1.82) is 0 Å². The highest BCUT2D eigenvalue weighted by molar-refractivity contribution is 5.92. The summed E-state index contributed by atoms with van der Waals surface area (Å²) in [6.07, 6.45) is 0.257. The predicted molar refractivity (Wildman–Crippen MR) is 110 cm³/mol. The lowest BCUT2D eigenvalue weighted by Gasteiger charge is -2.09. The number of benzene rings is 3. The van der Waals surface area contributed by atoms with E-state index in [-0.39, 0.29) is 18.2 Å². The van der Waals surface area contributed by atoms with Crippen molar-refractivity contribution in [1.82, 2.24) is 0 Å². The Morgan fingerprint density at radius 1 is 0.750 bits per heavy atom. The molecule has 2 N–H and O–H groups in total. The number of ether oxygens (including phenoxy) is 1. The summed E-state index contributed by atoms with van der Waals surface area (Å²) in [5, 5.41) is 5.57. The summed E-state index contributed by atoms with van der Waals surface area (Å²) in [5.74, 6) is 0.516. The standard InChI is InChI=1S/C23H22N2O3/c1-17(26)24-20-9-7-18(8-10-20)15-23(27)25-21-11-13-22(14-12-21)28-16-19-5-3-2-4-6-19/h2-14H,15-16H2,1H3,(H,24,26)(H,25,27). The highest BCUT2D eigenvalue weighted by Crippen LogP contribution is 2.18. The van der Waals surface area contributed by atoms with Gasteiger partial charge in [-0.25, -0.2) is 0 Å². The zero-order chi connectivity index (χ0) is 19.8. The third-order valence-corrected chi connectivity index (χ3v) is 4.03. The van der Waals surface area contributed by atoms with Crippen LogP contribution < -0.4 is 15.4 Å². The van der Waals surface area contributed by atoms with Crippen molar-refractivity contribution >= 4 is 23.2 Å². The van der Waals surface area contributed by atoms with Crippen molar-refractivity contribution in [2.24, 2.45) is 0 Å². The molecule has 0 bridgehead atoms. The maximum absolute atomic E-state index is 12.2. The Hall–Kier alpha value is -3.60. The molecule has 28 heavy (non-hydrogen) atoms. The van der Waals surface area contributed by atoms with Crippen LogP contribution in [0.3, 0.4) is 0 Å². The van der Waals surface area contributed by atoms with Crippen LogP contribution in [0.15, 0.2) is 78.9 Å². The minimum absolute atomic E-state index is 0.106. The zero-order valence-corrected chi connectivity index (χ0v) is 15.6. The lowest BCUT2D eigenvalue weighted by molar-refractivity contribution is -0.116. The Kier molecular flexibility index (Phi) is 6.41. The lowest BCUT2D eigenvalue weighted by Crippen LogP contribution is -2.14. The predicted octanol–water partition coefficient (Wildman–Crippen LogP) is 4.41. The molecule has 0 aliphatic rings. The SMILES string of the molecule is CC(=O)Nc1ccc(CC(=O)Nc2ccc(OCc3ccccc3)cc2)cc1. The quantitative estimate of drug-likeness (QED) is 0.644. The normalized spacial score (nSPS) is 10.2. The largest absolute Gasteiger partial charge is 0.489 e. The number of carbonyl (C=O) groups excluding carboxylic acids is 2. The Morgan fingerprint density at radius 3 is 2.00 bits per heavy atom. The van der Waals surface area contributed by atoms with E-state index < -0.39 is 0 Å². The zero-order valence-electron chi connectivity index (χ0n) is 15.6. The summed E-state index contributed by atoms with van der Waals surface area (Å²) in [6.45, 7) is 1.96. The van der Waals surface area contributed by atoms with E-state index in [0.29, 0.717) is 18.0 Å². The van der Waals surface area contributed by atoms with Gasteiger partial charge < -0.3 is 15.4 Å². The van der Waals surface area contributed by atoms with E-state index in [9.17, 15) is 9.59 Å². The van der Waals surface area contributed by atoms with Crippen LogP contribution in [0.5, 0.6) is 5.75 Å². The summed E-state index contributed by atoms with van der Waals surface area (Å²) in [7, 11) is 0. The highest BCUT2D eigenvalue weighted by atomic mass is 16.5. The molecule has 2 amide bonds. The monoisotopic (exact) mass is 374 g/mol. The number of anilines is 2. The van der Waals surface area contributed by atoms with Gasteiger partial charge in [-0.1, -0.05) is 42.5 Å². The average molecular weight is 374 g/mol. The van der Waals surface area contributed by atoms with Gasteiger partial charge in [-0.2, -0.15) is 0 Å². The minimum atomic E-state index is -0.123. The van der Waals surface area contributed by atoms with E-state index >= 15 is 0 Å². The van der Waals surface area contributed by atoms with Crippen molar-refractivity contribution in [2.45, 2.75) is 20.0 Å². The van der Waals surface area contributed by atoms with Crippen LogP contribution in [0.25, 0.3) is 0 Å². The van der Waals surface area contributed by atoms with Crippen molar-refractivity contribution in [2.75, 3.05) is 10.6 Å². The van der Waals surface area contributed by atoms with Gasteiger partial charge in [-0.3, -0.25) is 9.59 Å². The molecule has 0 fully saturated rings. The van der Waals surface area contributed by atoms with Crippen molar-refractivity contribution in [3.05, 3.63) is 90.0 Å². The second-order valence-electron chi connectivity index (χ2n) is 6.40. The molecule has 3 rings (SSSR count). The maximum atomic E-state index is 12.2. The van der Waals surface area contributed by atoms with Crippen molar-refractivity contribution < 1.29 is 14.3 Å². The molecule has 0 radical (unpaired) electrons. The van der Waals surface area contributed by atoms with Crippen LogP contribution in [-0.4, -0.2) is 11.8 Å². The van der Waals surface area contributed by atoms with Crippen LogP contribution >= 0.6 is 0 Å². The Bertz CT molecular complexity index is 920. The van der Waals surface area contributed by atoms with Crippen LogP contribution in [-0.2, 0) is 22.6 Å². The fourth-order valence-corrected chi connectivity index (χ4v) is 2.68. The fraction of sp³-hybridized carbons (Fsp3) is 0.130. The first kappa shape index (κ1) is 19.2. The average Bonchev–Trinajstić information content (AvgIpc) is 2.69. The van der Waals surface area contributed by atoms with Crippen LogP contribution in [0, 0.1) is 0 Å². The van der Waals surface area contributed by atoms with Crippen LogP contribution in [0.1, 0.15) is 18.1 Å².